The Hall–Kier alpha value is -3.33. The molecule has 2 heterocycles. The number of nitrogens with zero attached hydrogens (tertiary/aromatic N) is 4. The van der Waals surface area contributed by atoms with Gasteiger partial charge in [-0.15, -0.1) is 0 Å². The summed E-state index contributed by atoms with van der Waals surface area (Å²) in [6.07, 6.45) is 10.5. The van der Waals surface area contributed by atoms with Crippen LogP contribution in [0.2, 0.25) is 0 Å². The molecule has 9 heteroatoms. The lowest BCUT2D eigenvalue weighted by atomic mass is 10.1. The fourth-order valence-electron chi connectivity index (χ4n) is 3.23. The molecule has 0 amide bonds. The van der Waals surface area contributed by atoms with Gasteiger partial charge in [-0.3, -0.25) is 9.38 Å². The lowest BCUT2D eigenvalue weighted by Crippen LogP contribution is -2.04. The van der Waals surface area contributed by atoms with E-state index in [2.05, 4.69) is 16.6 Å². The molecule has 0 radical (unpaired) electrons. The van der Waals surface area contributed by atoms with Crippen LogP contribution in [0.4, 0.5) is 4.39 Å². The summed E-state index contributed by atoms with van der Waals surface area (Å²) in [5.41, 5.74) is 10.1. The SMILES string of the molecule is C=C(/N=C\C=C(/N)c1c(-c2ccc(F)cc2)nc2c(CC3CC3)nccn12)S(C)(=O)=O. The highest BCUT2D eigenvalue weighted by Crippen LogP contribution is 2.34. The summed E-state index contributed by atoms with van der Waals surface area (Å²) in [7, 11) is -3.48. The molecule has 1 saturated carbocycles. The highest BCUT2D eigenvalue weighted by atomic mass is 32.2. The first-order chi connectivity index (χ1) is 14.7. The number of benzene rings is 1. The molecule has 3 aromatic rings. The second kappa shape index (κ2) is 8.07. The molecule has 0 unspecified atom stereocenters. The second-order valence-corrected chi connectivity index (χ2v) is 9.61. The van der Waals surface area contributed by atoms with Gasteiger partial charge in [0.1, 0.15) is 10.8 Å². The van der Waals surface area contributed by atoms with Crippen LogP contribution in [0.1, 0.15) is 24.2 Å². The van der Waals surface area contributed by atoms with E-state index in [-0.39, 0.29) is 10.8 Å². The number of nitrogens with two attached hydrogens (primary N) is 1. The van der Waals surface area contributed by atoms with Crippen LogP contribution in [0.3, 0.4) is 0 Å². The van der Waals surface area contributed by atoms with Gasteiger partial charge in [-0.25, -0.2) is 22.8 Å². The van der Waals surface area contributed by atoms with Crippen LogP contribution in [-0.4, -0.2) is 35.3 Å². The molecule has 1 aliphatic rings. The lowest BCUT2D eigenvalue weighted by Gasteiger charge is -2.06. The van der Waals surface area contributed by atoms with Gasteiger partial charge < -0.3 is 5.73 Å². The van der Waals surface area contributed by atoms with Crippen molar-refractivity contribution in [3.63, 3.8) is 0 Å². The zero-order valence-electron chi connectivity index (χ0n) is 17.0. The van der Waals surface area contributed by atoms with Crippen LogP contribution in [0.5, 0.6) is 0 Å². The molecular weight excluding hydrogens is 417 g/mol. The summed E-state index contributed by atoms with van der Waals surface area (Å²) in [5.74, 6) is 0.273. The van der Waals surface area contributed by atoms with Gasteiger partial charge in [0, 0.05) is 30.4 Å². The highest BCUT2D eigenvalue weighted by Gasteiger charge is 2.25. The van der Waals surface area contributed by atoms with Crippen molar-refractivity contribution in [2.24, 2.45) is 16.6 Å². The number of halogens is 1. The predicted molar refractivity (Wildman–Crippen MR) is 119 cm³/mol. The Bertz CT molecular complexity index is 1320. The smallest absolute Gasteiger partial charge is 0.192 e. The van der Waals surface area contributed by atoms with Gasteiger partial charge in [0.25, 0.3) is 0 Å². The summed E-state index contributed by atoms with van der Waals surface area (Å²) in [4.78, 5) is 13.2. The van der Waals surface area contributed by atoms with Gasteiger partial charge in [0.2, 0.25) is 0 Å². The first kappa shape index (κ1) is 20.9. The van der Waals surface area contributed by atoms with Crippen LogP contribution in [0.15, 0.2) is 59.3 Å². The quantitative estimate of drug-likeness (QED) is 0.569. The maximum atomic E-state index is 13.5. The summed E-state index contributed by atoms with van der Waals surface area (Å²) in [6.45, 7) is 3.44. The Morgan fingerprint density at radius 3 is 2.71 bits per heavy atom. The second-order valence-electron chi connectivity index (χ2n) is 7.60. The van der Waals surface area contributed by atoms with Crippen LogP contribution in [0.25, 0.3) is 22.6 Å². The lowest BCUT2D eigenvalue weighted by molar-refractivity contribution is 0.607. The van der Waals surface area contributed by atoms with Crippen LogP contribution in [0, 0.1) is 11.7 Å². The maximum Gasteiger partial charge on any atom is 0.192 e. The molecule has 4 rings (SSSR count). The fraction of sp³-hybridized carbons (Fsp3) is 0.227. The molecule has 2 N–H and O–H groups in total. The van der Waals surface area contributed by atoms with Crippen molar-refractivity contribution in [1.29, 1.82) is 0 Å². The fourth-order valence-corrected chi connectivity index (χ4v) is 3.48. The standard InChI is InChI=1S/C22H22FN5O2S/c1-14(31(2,29)30)25-10-9-18(24)21-20(16-5-7-17(23)8-6-16)27-22-19(13-15-3-4-15)26-11-12-28(21)22/h5-12,15H,1,3-4,13,24H2,2H3/b18-9-,25-10-. The van der Waals surface area contributed by atoms with E-state index in [4.69, 9.17) is 10.7 Å². The third-order valence-corrected chi connectivity index (χ3v) is 6.05. The number of allylic oxidation sites excluding steroid dienone is 1. The van der Waals surface area contributed by atoms with Gasteiger partial charge in [-0.2, -0.15) is 0 Å². The van der Waals surface area contributed by atoms with Crippen molar-refractivity contribution in [3.05, 3.63) is 71.5 Å². The average molecular weight is 440 g/mol. The third-order valence-electron chi connectivity index (χ3n) is 5.09. The zero-order valence-corrected chi connectivity index (χ0v) is 17.8. The van der Waals surface area contributed by atoms with Crippen LogP contribution in [-0.2, 0) is 16.3 Å². The molecule has 0 aliphatic heterocycles. The van der Waals surface area contributed by atoms with Gasteiger partial charge in [0.05, 0.1) is 22.8 Å². The minimum absolute atomic E-state index is 0.260. The minimum atomic E-state index is -3.48. The first-order valence-electron chi connectivity index (χ1n) is 9.75. The summed E-state index contributed by atoms with van der Waals surface area (Å²) >= 11 is 0. The number of hydrogen-bond acceptors (Lipinski definition) is 6. The van der Waals surface area contributed by atoms with E-state index in [0.29, 0.717) is 34.2 Å². The number of rotatable bonds is 7. The van der Waals surface area contributed by atoms with E-state index in [9.17, 15) is 12.8 Å². The van der Waals surface area contributed by atoms with Crippen LogP contribution >= 0.6 is 0 Å². The molecule has 0 saturated heterocycles. The molecule has 0 spiro atoms. The van der Waals surface area contributed by atoms with Crippen molar-refractivity contribution >= 4 is 27.4 Å². The van der Waals surface area contributed by atoms with Crippen LogP contribution < -0.4 is 5.73 Å². The number of hydrogen-bond donors (Lipinski definition) is 1. The number of fused-ring (bicyclic) bond motifs is 1. The molecule has 1 aromatic carbocycles. The van der Waals surface area contributed by atoms with E-state index in [1.54, 1.807) is 24.5 Å². The molecule has 1 aliphatic carbocycles. The number of imidazole rings is 1. The minimum Gasteiger partial charge on any atom is -0.397 e. The Morgan fingerprint density at radius 1 is 1.35 bits per heavy atom. The van der Waals surface area contributed by atoms with E-state index in [0.717, 1.165) is 18.4 Å². The number of aliphatic imine (C=N–C) groups is 1. The number of sulfone groups is 1. The Kier molecular flexibility index (Phi) is 5.45. The largest absolute Gasteiger partial charge is 0.397 e. The maximum absolute atomic E-state index is 13.5. The predicted octanol–water partition coefficient (Wildman–Crippen LogP) is 3.37. The molecule has 0 atom stereocenters. The van der Waals surface area contributed by atoms with E-state index in [1.165, 1.54) is 37.3 Å². The van der Waals surface area contributed by atoms with E-state index in [1.807, 2.05) is 4.40 Å². The molecule has 7 nitrogen and oxygen atoms in total. The zero-order chi connectivity index (χ0) is 22.2. The number of aromatic nitrogens is 3. The van der Waals surface area contributed by atoms with Gasteiger partial charge >= 0.3 is 0 Å². The first-order valence-corrected chi connectivity index (χ1v) is 11.6. The monoisotopic (exact) mass is 439 g/mol. The molecule has 160 valence electrons. The van der Waals surface area contributed by atoms with Gasteiger partial charge in [0.15, 0.2) is 15.5 Å². The average Bonchev–Trinajstić information content (AvgIpc) is 3.44. The van der Waals surface area contributed by atoms with Crippen molar-refractivity contribution in [2.45, 2.75) is 19.3 Å². The van der Waals surface area contributed by atoms with Gasteiger partial charge in [-0.1, -0.05) is 6.58 Å². The Labute approximate surface area is 179 Å². The van der Waals surface area contributed by atoms with Crippen molar-refractivity contribution in [3.8, 4) is 11.3 Å². The summed E-state index contributed by atoms with van der Waals surface area (Å²) in [5, 5.41) is -0.260. The Morgan fingerprint density at radius 2 is 2.06 bits per heavy atom. The normalized spacial score (nSPS) is 15.1. The molecular formula is C22H22FN5O2S. The topological polar surface area (TPSA) is 103 Å². The van der Waals surface area contributed by atoms with Crippen molar-refractivity contribution < 1.29 is 12.8 Å². The summed E-state index contributed by atoms with van der Waals surface area (Å²) < 4.78 is 38.3. The van der Waals surface area contributed by atoms with Gasteiger partial charge in [-0.05, 0) is 55.5 Å². The highest BCUT2D eigenvalue weighted by molar-refractivity contribution is 7.94. The molecule has 1 fully saturated rings. The molecule has 0 bridgehead atoms. The Balaban J connectivity index is 1.84. The van der Waals surface area contributed by atoms with Crippen molar-refractivity contribution in [2.75, 3.05) is 6.26 Å². The summed E-state index contributed by atoms with van der Waals surface area (Å²) in [6, 6.07) is 6.01. The van der Waals surface area contributed by atoms with E-state index < -0.39 is 9.84 Å². The van der Waals surface area contributed by atoms with E-state index >= 15 is 0 Å². The molecule has 31 heavy (non-hydrogen) atoms. The molecule has 2 aromatic heterocycles. The third kappa shape index (κ3) is 4.56. The van der Waals surface area contributed by atoms with Crippen molar-refractivity contribution in [1.82, 2.24) is 14.4 Å².